The third-order valence-corrected chi connectivity index (χ3v) is 3.11. The fourth-order valence-electron chi connectivity index (χ4n) is 2.04. The van der Waals surface area contributed by atoms with Gasteiger partial charge in [0.2, 0.25) is 5.91 Å². The quantitative estimate of drug-likeness (QED) is 0.360. The van der Waals surface area contributed by atoms with Crippen LogP contribution in [-0.2, 0) is 14.3 Å². The molecule has 8 heteroatoms. The van der Waals surface area contributed by atoms with Crippen molar-refractivity contribution in [3.8, 4) is 0 Å². The molecule has 0 radical (unpaired) electrons. The molecule has 0 spiro atoms. The first-order valence-electron chi connectivity index (χ1n) is 5.75. The summed E-state index contributed by atoms with van der Waals surface area (Å²) in [5.41, 5.74) is 0. The van der Waals surface area contributed by atoms with Crippen LogP contribution in [0, 0.1) is 0 Å². The predicted molar refractivity (Wildman–Crippen MR) is 56.3 cm³/mol. The average molecular weight is 263 g/mol. The largest absolute Gasteiger partial charge is 0.394 e. The number of amides is 1. The van der Waals surface area contributed by atoms with E-state index in [0.717, 1.165) is 0 Å². The first-order chi connectivity index (χ1) is 8.52. The van der Waals surface area contributed by atoms with Crippen LogP contribution in [0.2, 0.25) is 0 Å². The Hall–Kier alpha value is -0.770. The number of aliphatic hydroxyl groups is 4. The average Bonchev–Trinajstić information content (AvgIpc) is 2.75. The van der Waals surface area contributed by atoms with Crippen LogP contribution in [0.15, 0.2) is 0 Å². The SMILES string of the molecule is O=C1C[C@@H](O[C@H]2O[C@H](CO)[C@@H](O)[C@H](O)[C@@H]2O)CN1. The second-order valence-electron chi connectivity index (χ2n) is 4.46. The second-order valence-corrected chi connectivity index (χ2v) is 4.46. The van der Waals surface area contributed by atoms with Crippen LogP contribution in [0.5, 0.6) is 0 Å². The first-order valence-corrected chi connectivity index (χ1v) is 5.75. The maximum absolute atomic E-state index is 11.0. The van der Waals surface area contributed by atoms with Gasteiger partial charge in [0, 0.05) is 6.54 Å². The lowest BCUT2D eigenvalue weighted by molar-refractivity contribution is -0.309. The molecule has 18 heavy (non-hydrogen) atoms. The van der Waals surface area contributed by atoms with Crippen LogP contribution in [0.1, 0.15) is 6.42 Å². The monoisotopic (exact) mass is 263 g/mol. The molecule has 0 unspecified atom stereocenters. The summed E-state index contributed by atoms with van der Waals surface area (Å²) in [6.07, 6.45) is -6.80. The molecular formula is C10H17NO7. The fourth-order valence-corrected chi connectivity index (χ4v) is 2.04. The van der Waals surface area contributed by atoms with Gasteiger partial charge in [-0.05, 0) is 0 Å². The summed E-state index contributed by atoms with van der Waals surface area (Å²) < 4.78 is 10.5. The van der Waals surface area contributed by atoms with E-state index in [1.54, 1.807) is 0 Å². The number of carbonyl (C=O) groups is 1. The lowest BCUT2D eigenvalue weighted by atomic mass is 9.99. The molecule has 0 aliphatic carbocycles. The Kier molecular flexibility index (Phi) is 4.15. The number of rotatable bonds is 3. The van der Waals surface area contributed by atoms with Crippen molar-refractivity contribution in [3.63, 3.8) is 0 Å². The van der Waals surface area contributed by atoms with E-state index in [4.69, 9.17) is 14.6 Å². The minimum atomic E-state index is -1.47. The Bertz CT molecular complexity index is 311. The molecule has 2 aliphatic rings. The summed E-state index contributed by atoms with van der Waals surface area (Å²) >= 11 is 0. The van der Waals surface area contributed by atoms with Gasteiger partial charge in [-0.15, -0.1) is 0 Å². The molecule has 8 nitrogen and oxygen atoms in total. The molecule has 104 valence electrons. The molecule has 0 aromatic carbocycles. The number of carbonyl (C=O) groups excluding carboxylic acids is 1. The maximum Gasteiger partial charge on any atom is 0.222 e. The van der Waals surface area contributed by atoms with Crippen LogP contribution in [-0.4, -0.2) is 76.3 Å². The van der Waals surface area contributed by atoms with Gasteiger partial charge in [-0.2, -0.15) is 0 Å². The third-order valence-electron chi connectivity index (χ3n) is 3.11. The summed E-state index contributed by atoms with van der Waals surface area (Å²) in [5, 5.41) is 40.3. The summed E-state index contributed by atoms with van der Waals surface area (Å²) in [6.45, 7) is -0.208. The van der Waals surface area contributed by atoms with E-state index >= 15 is 0 Å². The molecule has 2 saturated heterocycles. The van der Waals surface area contributed by atoms with Crippen molar-refractivity contribution >= 4 is 5.91 Å². The molecule has 0 aromatic rings. The molecule has 0 bridgehead atoms. The highest BCUT2D eigenvalue weighted by Gasteiger charge is 2.45. The summed E-state index contributed by atoms with van der Waals surface area (Å²) in [6, 6.07) is 0. The number of ether oxygens (including phenoxy) is 2. The van der Waals surface area contributed by atoms with Crippen molar-refractivity contribution in [1.29, 1.82) is 0 Å². The molecule has 0 saturated carbocycles. The minimum Gasteiger partial charge on any atom is -0.394 e. The molecule has 6 atom stereocenters. The number of hydrogen-bond donors (Lipinski definition) is 5. The Morgan fingerprint density at radius 2 is 2.00 bits per heavy atom. The van der Waals surface area contributed by atoms with E-state index in [1.807, 2.05) is 0 Å². The Balaban J connectivity index is 1.96. The Morgan fingerprint density at radius 1 is 1.28 bits per heavy atom. The van der Waals surface area contributed by atoms with Crippen molar-refractivity contribution in [2.75, 3.05) is 13.2 Å². The molecule has 2 heterocycles. The molecule has 5 N–H and O–H groups in total. The highest BCUT2D eigenvalue weighted by molar-refractivity contribution is 5.78. The van der Waals surface area contributed by atoms with Crippen LogP contribution in [0.4, 0.5) is 0 Å². The first kappa shape index (κ1) is 13.7. The molecule has 0 aromatic heterocycles. The summed E-state index contributed by atoms with van der Waals surface area (Å²) in [4.78, 5) is 11.0. The molecule has 2 fully saturated rings. The lowest BCUT2D eigenvalue weighted by Crippen LogP contribution is -2.59. The fraction of sp³-hybridized carbons (Fsp3) is 0.900. The van der Waals surface area contributed by atoms with Gasteiger partial charge < -0.3 is 35.2 Å². The normalized spacial score (nSPS) is 45.0. The maximum atomic E-state index is 11.0. The van der Waals surface area contributed by atoms with Gasteiger partial charge >= 0.3 is 0 Å². The van der Waals surface area contributed by atoms with Crippen molar-refractivity contribution < 1.29 is 34.7 Å². The number of nitrogens with one attached hydrogen (secondary N) is 1. The minimum absolute atomic E-state index is 0.148. The van der Waals surface area contributed by atoms with Crippen molar-refractivity contribution in [1.82, 2.24) is 5.32 Å². The van der Waals surface area contributed by atoms with Crippen molar-refractivity contribution in [2.24, 2.45) is 0 Å². The van der Waals surface area contributed by atoms with E-state index in [-0.39, 0.29) is 12.3 Å². The topological polar surface area (TPSA) is 128 Å². The van der Waals surface area contributed by atoms with Crippen LogP contribution < -0.4 is 5.32 Å². The van der Waals surface area contributed by atoms with Gasteiger partial charge in [-0.25, -0.2) is 0 Å². The third kappa shape index (κ3) is 2.63. The van der Waals surface area contributed by atoms with E-state index in [2.05, 4.69) is 5.32 Å². The van der Waals surface area contributed by atoms with Gasteiger partial charge in [0.1, 0.15) is 24.4 Å². The van der Waals surface area contributed by atoms with Gasteiger partial charge in [0.25, 0.3) is 0 Å². The molecule has 2 rings (SSSR count). The van der Waals surface area contributed by atoms with Gasteiger partial charge in [-0.1, -0.05) is 0 Å². The molecule has 1 amide bonds. The highest BCUT2D eigenvalue weighted by atomic mass is 16.7. The lowest BCUT2D eigenvalue weighted by Gasteiger charge is -2.40. The van der Waals surface area contributed by atoms with E-state index < -0.39 is 43.4 Å². The van der Waals surface area contributed by atoms with E-state index in [0.29, 0.717) is 6.54 Å². The Morgan fingerprint density at radius 3 is 2.56 bits per heavy atom. The predicted octanol–water partition coefficient (Wildman–Crippen LogP) is -3.31. The molecular weight excluding hydrogens is 246 g/mol. The summed E-state index contributed by atoms with van der Waals surface area (Å²) in [5.74, 6) is -0.162. The van der Waals surface area contributed by atoms with Crippen LogP contribution in [0.3, 0.4) is 0 Å². The van der Waals surface area contributed by atoms with Crippen molar-refractivity contribution in [2.45, 2.75) is 43.2 Å². The van der Waals surface area contributed by atoms with Gasteiger partial charge in [0.15, 0.2) is 6.29 Å². The standard InChI is InChI=1S/C10H17NO7/c12-3-5-7(14)8(15)9(16)10(18-5)17-4-1-6(13)11-2-4/h4-5,7-10,12,14-16H,1-3H2,(H,11,13)/t4-,5-,7-,8+,9+,10+/m1/s1. The van der Waals surface area contributed by atoms with Crippen LogP contribution in [0.25, 0.3) is 0 Å². The number of aliphatic hydroxyl groups excluding tert-OH is 4. The summed E-state index contributed by atoms with van der Waals surface area (Å²) in [7, 11) is 0. The van der Waals surface area contributed by atoms with E-state index in [9.17, 15) is 20.1 Å². The molecule has 2 aliphatic heterocycles. The second kappa shape index (κ2) is 5.47. The van der Waals surface area contributed by atoms with Gasteiger partial charge in [0.05, 0.1) is 19.1 Å². The van der Waals surface area contributed by atoms with E-state index in [1.165, 1.54) is 0 Å². The number of hydrogen-bond acceptors (Lipinski definition) is 7. The Labute approximate surface area is 103 Å². The highest BCUT2D eigenvalue weighted by Crippen LogP contribution is 2.23. The smallest absolute Gasteiger partial charge is 0.222 e. The van der Waals surface area contributed by atoms with Gasteiger partial charge in [-0.3, -0.25) is 4.79 Å². The van der Waals surface area contributed by atoms with Crippen molar-refractivity contribution in [3.05, 3.63) is 0 Å². The zero-order valence-electron chi connectivity index (χ0n) is 9.60. The van der Waals surface area contributed by atoms with Crippen LogP contribution >= 0.6 is 0 Å². The zero-order chi connectivity index (χ0) is 13.3. The zero-order valence-corrected chi connectivity index (χ0v) is 9.60.